The second-order valence-electron chi connectivity index (χ2n) is 4.25. The van der Waals surface area contributed by atoms with E-state index in [1.165, 1.54) is 7.11 Å². The van der Waals surface area contributed by atoms with E-state index in [9.17, 15) is 4.79 Å². The number of esters is 1. The maximum absolute atomic E-state index is 11.4. The summed E-state index contributed by atoms with van der Waals surface area (Å²) in [4.78, 5) is 14.5. The van der Waals surface area contributed by atoms with E-state index in [2.05, 4.69) is 9.72 Å². The first kappa shape index (κ1) is 13.2. The standard InChI is InChI=1S/C13H17N3O3/c1-18-10-4-3-8(14)11-7(6-16-12(10)11)5-9(15)13(17)19-2/h3-4,6,9,16H,5,14-15H2,1-2H3. The highest BCUT2D eigenvalue weighted by atomic mass is 16.5. The molecule has 0 aliphatic carbocycles. The third-order valence-corrected chi connectivity index (χ3v) is 3.07. The van der Waals surface area contributed by atoms with Crippen LogP contribution in [0.15, 0.2) is 18.3 Å². The Balaban J connectivity index is 2.42. The van der Waals surface area contributed by atoms with E-state index < -0.39 is 12.0 Å². The molecule has 0 aliphatic heterocycles. The molecular weight excluding hydrogens is 246 g/mol. The fourth-order valence-electron chi connectivity index (χ4n) is 2.12. The fourth-order valence-corrected chi connectivity index (χ4v) is 2.12. The summed E-state index contributed by atoms with van der Waals surface area (Å²) in [7, 11) is 2.90. The largest absolute Gasteiger partial charge is 0.495 e. The number of nitrogens with two attached hydrogens (primary N) is 2. The fraction of sp³-hybridized carbons (Fsp3) is 0.308. The first-order valence-corrected chi connectivity index (χ1v) is 5.84. The minimum Gasteiger partial charge on any atom is -0.495 e. The summed E-state index contributed by atoms with van der Waals surface area (Å²) >= 11 is 0. The Hall–Kier alpha value is -2.21. The lowest BCUT2D eigenvalue weighted by Gasteiger charge is -2.09. The van der Waals surface area contributed by atoms with Crippen LogP contribution >= 0.6 is 0 Å². The van der Waals surface area contributed by atoms with Crippen molar-refractivity contribution < 1.29 is 14.3 Å². The van der Waals surface area contributed by atoms with Crippen LogP contribution in [-0.2, 0) is 16.0 Å². The highest BCUT2D eigenvalue weighted by Crippen LogP contribution is 2.32. The smallest absolute Gasteiger partial charge is 0.322 e. The highest BCUT2D eigenvalue weighted by Gasteiger charge is 2.18. The van der Waals surface area contributed by atoms with E-state index in [1.807, 2.05) is 0 Å². The molecule has 19 heavy (non-hydrogen) atoms. The minimum absolute atomic E-state index is 0.351. The average Bonchev–Trinajstić information content (AvgIpc) is 2.83. The van der Waals surface area contributed by atoms with E-state index in [0.29, 0.717) is 17.9 Å². The molecule has 6 heteroatoms. The Morgan fingerprint density at radius 2 is 2.16 bits per heavy atom. The number of hydrogen-bond acceptors (Lipinski definition) is 5. The maximum Gasteiger partial charge on any atom is 0.322 e. The molecule has 1 aromatic heterocycles. The molecule has 0 saturated heterocycles. The number of rotatable bonds is 4. The molecule has 0 radical (unpaired) electrons. The van der Waals surface area contributed by atoms with Gasteiger partial charge in [0, 0.05) is 23.7 Å². The van der Waals surface area contributed by atoms with E-state index in [4.69, 9.17) is 16.2 Å². The van der Waals surface area contributed by atoms with Crippen LogP contribution in [0.4, 0.5) is 5.69 Å². The van der Waals surface area contributed by atoms with Crippen molar-refractivity contribution >= 4 is 22.6 Å². The number of methoxy groups -OCH3 is 2. The Bertz CT molecular complexity index is 606. The highest BCUT2D eigenvalue weighted by molar-refractivity contribution is 5.98. The molecule has 0 saturated carbocycles. The first-order chi connectivity index (χ1) is 9.08. The molecule has 0 amide bonds. The number of nitrogens with one attached hydrogen (secondary N) is 1. The molecule has 102 valence electrons. The zero-order chi connectivity index (χ0) is 14.0. The van der Waals surface area contributed by atoms with Gasteiger partial charge in [-0.1, -0.05) is 0 Å². The second-order valence-corrected chi connectivity index (χ2v) is 4.25. The quantitative estimate of drug-likeness (QED) is 0.559. The number of H-pyrrole nitrogens is 1. The molecule has 2 rings (SSSR count). The second kappa shape index (κ2) is 5.19. The number of carbonyl (C=O) groups excluding carboxylic acids is 1. The van der Waals surface area contributed by atoms with Crippen molar-refractivity contribution in [2.45, 2.75) is 12.5 Å². The topological polar surface area (TPSA) is 103 Å². The number of benzene rings is 1. The predicted octanol–water partition coefficient (Wildman–Crippen LogP) is 0.801. The lowest BCUT2D eigenvalue weighted by Crippen LogP contribution is -2.33. The number of aromatic amines is 1. The van der Waals surface area contributed by atoms with Gasteiger partial charge in [-0.2, -0.15) is 0 Å². The molecule has 1 heterocycles. The van der Waals surface area contributed by atoms with Gasteiger partial charge >= 0.3 is 5.97 Å². The number of anilines is 1. The lowest BCUT2D eigenvalue weighted by atomic mass is 10.0. The summed E-state index contributed by atoms with van der Waals surface area (Å²) in [6.45, 7) is 0. The zero-order valence-electron chi connectivity index (χ0n) is 10.9. The van der Waals surface area contributed by atoms with Gasteiger partial charge in [-0.3, -0.25) is 4.79 Å². The molecular formula is C13H17N3O3. The van der Waals surface area contributed by atoms with Crippen LogP contribution in [0.2, 0.25) is 0 Å². The normalized spacial score (nSPS) is 12.4. The van der Waals surface area contributed by atoms with Crippen LogP contribution in [0.3, 0.4) is 0 Å². The van der Waals surface area contributed by atoms with Gasteiger partial charge in [-0.25, -0.2) is 0 Å². The van der Waals surface area contributed by atoms with Crippen LogP contribution < -0.4 is 16.2 Å². The van der Waals surface area contributed by atoms with Crippen molar-refractivity contribution in [2.75, 3.05) is 20.0 Å². The molecule has 0 aliphatic rings. The number of fused-ring (bicyclic) bond motifs is 1. The van der Waals surface area contributed by atoms with Gasteiger partial charge in [0.15, 0.2) is 0 Å². The van der Waals surface area contributed by atoms with Crippen molar-refractivity contribution in [1.82, 2.24) is 4.98 Å². The van der Waals surface area contributed by atoms with Gasteiger partial charge in [-0.05, 0) is 17.7 Å². The van der Waals surface area contributed by atoms with Gasteiger partial charge < -0.3 is 25.9 Å². The van der Waals surface area contributed by atoms with E-state index in [1.54, 1.807) is 25.4 Å². The summed E-state index contributed by atoms with van der Waals surface area (Å²) in [6, 6.07) is 2.84. The Kier molecular flexibility index (Phi) is 3.62. The van der Waals surface area contributed by atoms with Crippen LogP contribution in [0.5, 0.6) is 5.75 Å². The van der Waals surface area contributed by atoms with Crippen molar-refractivity contribution in [1.29, 1.82) is 0 Å². The predicted molar refractivity (Wildman–Crippen MR) is 73.0 cm³/mol. The molecule has 2 aromatic rings. The van der Waals surface area contributed by atoms with Crippen molar-refractivity contribution in [2.24, 2.45) is 5.73 Å². The van der Waals surface area contributed by atoms with Crippen LogP contribution in [0.1, 0.15) is 5.56 Å². The Labute approximate surface area is 110 Å². The first-order valence-electron chi connectivity index (χ1n) is 5.84. The van der Waals surface area contributed by atoms with Gasteiger partial charge in [0.05, 0.1) is 19.7 Å². The van der Waals surface area contributed by atoms with Gasteiger partial charge in [0.2, 0.25) is 0 Å². The molecule has 0 spiro atoms. The summed E-state index contributed by atoms with van der Waals surface area (Å²) in [6.07, 6.45) is 2.14. The van der Waals surface area contributed by atoms with Crippen molar-refractivity contribution in [3.05, 3.63) is 23.9 Å². The average molecular weight is 263 g/mol. The third kappa shape index (κ3) is 2.34. The summed E-state index contributed by atoms with van der Waals surface area (Å²) in [5, 5.41) is 0.832. The summed E-state index contributed by atoms with van der Waals surface area (Å²) in [5.41, 5.74) is 14.0. The monoisotopic (exact) mass is 263 g/mol. The van der Waals surface area contributed by atoms with Gasteiger partial charge in [0.25, 0.3) is 0 Å². The molecule has 1 aromatic carbocycles. The van der Waals surface area contributed by atoms with E-state index >= 15 is 0 Å². The van der Waals surface area contributed by atoms with Crippen LogP contribution in [-0.4, -0.2) is 31.2 Å². The summed E-state index contributed by atoms with van der Waals surface area (Å²) < 4.78 is 9.88. The van der Waals surface area contributed by atoms with Crippen molar-refractivity contribution in [3.63, 3.8) is 0 Å². The number of aromatic nitrogens is 1. The summed E-state index contributed by atoms with van der Waals surface area (Å²) in [5.74, 6) is 0.248. The zero-order valence-corrected chi connectivity index (χ0v) is 10.9. The van der Waals surface area contributed by atoms with E-state index in [0.717, 1.165) is 16.5 Å². The molecule has 5 N–H and O–H groups in total. The Morgan fingerprint density at radius 1 is 1.42 bits per heavy atom. The van der Waals surface area contributed by atoms with Gasteiger partial charge in [0.1, 0.15) is 11.8 Å². The molecule has 1 atom stereocenters. The number of hydrogen-bond donors (Lipinski definition) is 3. The molecule has 1 unspecified atom stereocenters. The minimum atomic E-state index is -0.713. The lowest BCUT2D eigenvalue weighted by molar-refractivity contribution is -0.142. The SMILES string of the molecule is COC(=O)C(N)Cc1c[nH]c2c(OC)ccc(N)c12. The van der Waals surface area contributed by atoms with Crippen molar-refractivity contribution in [3.8, 4) is 5.75 Å². The third-order valence-electron chi connectivity index (χ3n) is 3.07. The van der Waals surface area contributed by atoms with Gasteiger partial charge in [-0.15, -0.1) is 0 Å². The van der Waals surface area contributed by atoms with Crippen LogP contribution in [0, 0.1) is 0 Å². The molecule has 0 bridgehead atoms. The molecule has 6 nitrogen and oxygen atoms in total. The van der Waals surface area contributed by atoms with E-state index in [-0.39, 0.29) is 0 Å². The number of carbonyl (C=O) groups is 1. The maximum atomic E-state index is 11.4. The number of nitrogen functional groups attached to an aromatic ring is 1. The molecule has 0 fully saturated rings. The van der Waals surface area contributed by atoms with Crippen LogP contribution in [0.25, 0.3) is 10.9 Å². The number of ether oxygens (including phenoxy) is 2. The Morgan fingerprint density at radius 3 is 2.79 bits per heavy atom.